The van der Waals surface area contributed by atoms with Crippen molar-refractivity contribution in [3.05, 3.63) is 29.3 Å². The number of ether oxygens (including phenoxy) is 1. The van der Waals surface area contributed by atoms with Crippen molar-refractivity contribution < 1.29 is 9.84 Å². The van der Waals surface area contributed by atoms with Gasteiger partial charge in [-0.25, -0.2) is 0 Å². The number of hydrogen-bond acceptors (Lipinski definition) is 4. The third kappa shape index (κ3) is 4.54. The van der Waals surface area contributed by atoms with E-state index in [4.69, 9.17) is 21.0 Å². The zero-order valence-electron chi connectivity index (χ0n) is 11.6. The highest BCUT2D eigenvalue weighted by Gasteiger charge is 2.10. The summed E-state index contributed by atoms with van der Waals surface area (Å²) in [6.45, 7) is 4.45. The highest BCUT2D eigenvalue weighted by atomic mass is 16.5. The second-order valence-electron chi connectivity index (χ2n) is 4.44. The van der Waals surface area contributed by atoms with Crippen LogP contribution >= 0.6 is 0 Å². The molecule has 0 bridgehead atoms. The van der Waals surface area contributed by atoms with Crippen LogP contribution in [-0.2, 0) is 6.54 Å². The number of nitrogens with one attached hydrogen (secondary N) is 1. The first-order chi connectivity index (χ1) is 9.12. The average Bonchev–Trinajstić information content (AvgIpc) is 2.39. The smallest absolute Gasteiger partial charge is 0.123 e. The molecule has 0 saturated carbocycles. The van der Waals surface area contributed by atoms with Crippen molar-refractivity contribution in [2.24, 2.45) is 5.73 Å². The molecule has 0 radical (unpaired) electrons. The summed E-state index contributed by atoms with van der Waals surface area (Å²) in [4.78, 5) is 2.15. The van der Waals surface area contributed by atoms with Crippen LogP contribution in [0.4, 0.5) is 0 Å². The van der Waals surface area contributed by atoms with Gasteiger partial charge in [-0.1, -0.05) is 6.92 Å². The van der Waals surface area contributed by atoms with Gasteiger partial charge in [0.25, 0.3) is 0 Å². The van der Waals surface area contributed by atoms with Gasteiger partial charge >= 0.3 is 0 Å². The lowest BCUT2D eigenvalue weighted by molar-refractivity contribution is 0.189. The van der Waals surface area contributed by atoms with Gasteiger partial charge in [-0.15, -0.1) is 0 Å². The fourth-order valence-electron chi connectivity index (χ4n) is 2.04. The van der Waals surface area contributed by atoms with E-state index in [-0.39, 0.29) is 12.4 Å². The van der Waals surface area contributed by atoms with Gasteiger partial charge < -0.3 is 15.6 Å². The van der Waals surface area contributed by atoms with Crippen LogP contribution in [0.15, 0.2) is 18.2 Å². The second-order valence-corrected chi connectivity index (χ2v) is 4.44. The minimum atomic E-state index is 0.0492. The van der Waals surface area contributed by atoms with Gasteiger partial charge in [0.15, 0.2) is 0 Å². The number of aliphatic hydroxyl groups excluding tert-OH is 1. The van der Waals surface area contributed by atoms with E-state index in [9.17, 15) is 0 Å². The van der Waals surface area contributed by atoms with Gasteiger partial charge in [-0.3, -0.25) is 10.3 Å². The Balaban J connectivity index is 2.94. The number of amidine groups is 1. The molecule has 5 nitrogen and oxygen atoms in total. The lowest BCUT2D eigenvalue weighted by Gasteiger charge is -2.22. The normalized spacial score (nSPS) is 10.7. The van der Waals surface area contributed by atoms with Crippen LogP contribution in [-0.4, -0.2) is 42.6 Å². The van der Waals surface area contributed by atoms with Crippen LogP contribution < -0.4 is 10.5 Å². The molecule has 0 aliphatic heterocycles. The lowest BCUT2D eigenvalue weighted by atomic mass is 10.1. The third-order valence-electron chi connectivity index (χ3n) is 2.94. The van der Waals surface area contributed by atoms with E-state index in [2.05, 4.69) is 11.8 Å². The third-order valence-corrected chi connectivity index (χ3v) is 2.94. The molecule has 5 heteroatoms. The molecule has 0 saturated heterocycles. The quantitative estimate of drug-likeness (QED) is 0.487. The first kappa shape index (κ1) is 15.5. The van der Waals surface area contributed by atoms with Crippen LogP contribution in [0.1, 0.15) is 24.5 Å². The standard InChI is InChI=1S/C14H23N3O2/c1-3-6-17(7-8-18)10-12-9-11(14(15)16)4-5-13(12)19-2/h4-5,9,18H,3,6-8,10H2,1-2H3,(H3,15,16). The summed E-state index contributed by atoms with van der Waals surface area (Å²) >= 11 is 0. The van der Waals surface area contributed by atoms with Crippen molar-refractivity contribution >= 4 is 5.84 Å². The Morgan fingerprint density at radius 3 is 2.68 bits per heavy atom. The van der Waals surface area contributed by atoms with Gasteiger partial charge in [-0.05, 0) is 31.2 Å². The topological polar surface area (TPSA) is 82.6 Å². The predicted octanol–water partition coefficient (Wildman–Crippen LogP) is 1.18. The van der Waals surface area contributed by atoms with E-state index >= 15 is 0 Å². The lowest BCUT2D eigenvalue weighted by Crippen LogP contribution is -2.27. The van der Waals surface area contributed by atoms with Crippen LogP contribution in [0.5, 0.6) is 5.75 Å². The zero-order valence-corrected chi connectivity index (χ0v) is 11.6. The molecule has 106 valence electrons. The fourth-order valence-corrected chi connectivity index (χ4v) is 2.04. The zero-order chi connectivity index (χ0) is 14.3. The first-order valence-corrected chi connectivity index (χ1v) is 6.46. The van der Waals surface area contributed by atoms with Crippen molar-refractivity contribution in [1.82, 2.24) is 4.90 Å². The number of rotatable bonds is 8. The molecule has 4 N–H and O–H groups in total. The van der Waals surface area contributed by atoms with E-state index in [0.29, 0.717) is 18.7 Å². The average molecular weight is 265 g/mol. The maximum Gasteiger partial charge on any atom is 0.123 e. The number of methoxy groups -OCH3 is 1. The largest absolute Gasteiger partial charge is 0.496 e. The van der Waals surface area contributed by atoms with E-state index < -0.39 is 0 Å². The summed E-state index contributed by atoms with van der Waals surface area (Å²) in [6.07, 6.45) is 1.02. The molecule has 0 aliphatic rings. The summed E-state index contributed by atoms with van der Waals surface area (Å²) in [5, 5.41) is 16.6. The summed E-state index contributed by atoms with van der Waals surface area (Å²) in [5.41, 5.74) is 7.19. The molecule has 0 aromatic heterocycles. The summed E-state index contributed by atoms with van der Waals surface area (Å²) < 4.78 is 5.34. The SMILES string of the molecule is CCCN(CCO)Cc1cc(C(=N)N)ccc1OC. The highest BCUT2D eigenvalue weighted by Crippen LogP contribution is 2.21. The molecule has 0 aliphatic carbocycles. The van der Waals surface area contributed by atoms with Gasteiger partial charge in [0, 0.05) is 24.2 Å². The monoisotopic (exact) mass is 265 g/mol. The molecule has 0 atom stereocenters. The van der Waals surface area contributed by atoms with Crippen molar-refractivity contribution in [3.8, 4) is 5.75 Å². The fraction of sp³-hybridized carbons (Fsp3) is 0.500. The molecule has 0 heterocycles. The Kier molecular flexibility index (Phi) is 6.32. The van der Waals surface area contributed by atoms with E-state index in [1.807, 2.05) is 12.1 Å². The Labute approximate surface area is 114 Å². The molecule has 0 fully saturated rings. The summed E-state index contributed by atoms with van der Waals surface area (Å²) in [5.74, 6) is 0.831. The summed E-state index contributed by atoms with van der Waals surface area (Å²) in [7, 11) is 1.63. The predicted molar refractivity (Wildman–Crippen MR) is 76.7 cm³/mol. The maximum absolute atomic E-state index is 9.08. The number of hydrogen-bond donors (Lipinski definition) is 3. The van der Waals surface area contributed by atoms with Crippen molar-refractivity contribution in [2.45, 2.75) is 19.9 Å². The van der Waals surface area contributed by atoms with Crippen LogP contribution in [0, 0.1) is 5.41 Å². The maximum atomic E-state index is 9.08. The molecule has 1 aromatic rings. The molecule has 1 aromatic carbocycles. The summed E-state index contributed by atoms with van der Waals surface area (Å²) in [6, 6.07) is 5.48. The molecule has 0 unspecified atom stereocenters. The second kappa shape index (κ2) is 7.76. The van der Waals surface area contributed by atoms with Gasteiger partial charge in [0.05, 0.1) is 13.7 Å². The first-order valence-electron chi connectivity index (χ1n) is 6.46. The number of benzene rings is 1. The van der Waals surface area contributed by atoms with Crippen LogP contribution in [0.2, 0.25) is 0 Å². The molecule has 0 spiro atoms. The number of nitrogen functional groups attached to an aromatic ring is 1. The molecule has 19 heavy (non-hydrogen) atoms. The number of aliphatic hydroxyl groups is 1. The van der Waals surface area contributed by atoms with Gasteiger partial charge in [0.2, 0.25) is 0 Å². The van der Waals surface area contributed by atoms with E-state index in [1.54, 1.807) is 13.2 Å². The Bertz CT molecular complexity index is 415. The minimum absolute atomic E-state index is 0.0492. The van der Waals surface area contributed by atoms with Crippen molar-refractivity contribution in [2.75, 3.05) is 26.8 Å². The van der Waals surface area contributed by atoms with Gasteiger partial charge in [0.1, 0.15) is 11.6 Å². The Morgan fingerprint density at radius 1 is 1.42 bits per heavy atom. The Hall–Kier alpha value is -1.59. The Morgan fingerprint density at radius 2 is 2.16 bits per heavy atom. The number of nitrogens with two attached hydrogens (primary N) is 1. The minimum Gasteiger partial charge on any atom is -0.496 e. The van der Waals surface area contributed by atoms with Gasteiger partial charge in [-0.2, -0.15) is 0 Å². The van der Waals surface area contributed by atoms with Crippen LogP contribution in [0.3, 0.4) is 0 Å². The van der Waals surface area contributed by atoms with E-state index in [1.165, 1.54) is 0 Å². The molecular formula is C14H23N3O2. The highest BCUT2D eigenvalue weighted by molar-refractivity contribution is 5.95. The van der Waals surface area contributed by atoms with Crippen LogP contribution in [0.25, 0.3) is 0 Å². The van der Waals surface area contributed by atoms with Crippen molar-refractivity contribution in [3.63, 3.8) is 0 Å². The number of nitrogens with zero attached hydrogens (tertiary/aromatic N) is 1. The molecular weight excluding hydrogens is 242 g/mol. The van der Waals surface area contributed by atoms with E-state index in [0.717, 1.165) is 24.3 Å². The molecule has 0 amide bonds. The molecule has 1 rings (SSSR count). The van der Waals surface area contributed by atoms with Crippen molar-refractivity contribution in [1.29, 1.82) is 5.41 Å².